The van der Waals surface area contributed by atoms with E-state index in [0.717, 1.165) is 55.9 Å². The molecule has 1 fully saturated rings. The first-order valence-electron chi connectivity index (χ1n) is 11.4. The zero-order valence-electron chi connectivity index (χ0n) is 19.0. The fourth-order valence-corrected chi connectivity index (χ4v) is 4.53. The third kappa shape index (κ3) is 4.72. The topological polar surface area (TPSA) is 59.7 Å². The average Bonchev–Trinajstić information content (AvgIpc) is 2.94. The van der Waals surface area contributed by atoms with E-state index >= 15 is 0 Å². The molecule has 7 nitrogen and oxygen atoms in total. The van der Waals surface area contributed by atoms with E-state index in [2.05, 4.69) is 17.0 Å². The van der Waals surface area contributed by atoms with Crippen LogP contribution in [0.15, 0.2) is 53.3 Å². The number of benzene rings is 2. The second-order valence-corrected chi connectivity index (χ2v) is 8.28. The SMILES string of the molecule is CCn1c(=O)n(CCC(=O)N2CCCN(Cc3ccc(OC)cc3)CC2)c2ccccc21. The molecule has 1 saturated heterocycles. The molecule has 7 heteroatoms. The highest BCUT2D eigenvalue weighted by atomic mass is 16.5. The number of imidazole rings is 1. The van der Waals surface area contributed by atoms with Gasteiger partial charge in [0.2, 0.25) is 5.91 Å². The lowest BCUT2D eigenvalue weighted by atomic mass is 10.2. The van der Waals surface area contributed by atoms with Crippen LogP contribution in [0.3, 0.4) is 0 Å². The molecule has 1 aliphatic rings. The molecule has 1 amide bonds. The van der Waals surface area contributed by atoms with Crippen molar-refractivity contribution in [1.82, 2.24) is 18.9 Å². The summed E-state index contributed by atoms with van der Waals surface area (Å²) in [6.07, 6.45) is 1.30. The standard InChI is InChI=1S/C25H32N4O3/c1-3-28-22-7-4-5-8-23(22)29(25(28)31)16-13-24(30)27-15-6-14-26(17-18-27)19-20-9-11-21(32-2)12-10-20/h4-5,7-12H,3,6,13-19H2,1-2H3. The highest BCUT2D eigenvalue weighted by molar-refractivity contribution is 5.78. The molecule has 170 valence electrons. The lowest BCUT2D eigenvalue weighted by molar-refractivity contribution is -0.131. The third-order valence-corrected chi connectivity index (χ3v) is 6.30. The number of carbonyl (C=O) groups is 1. The predicted molar refractivity (Wildman–Crippen MR) is 126 cm³/mol. The van der Waals surface area contributed by atoms with Gasteiger partial charge in [0.05, 0.1) is 18.1 Å². The van der Waals surface area contributed by atoms with Crippen molar-refractivity contribution in [2.24, 2.45) is 0 Å². The highest BCUT2D eigenvalue weighted by Gasteiger charge is 2.20. The lowest BCUT2D eigenvalue weighted by Crippen LogP contribution is -2.36. The minimum Gasteiger partial charge on any atom is -0.497 e. The van der Waals surface area contributed by atoms with Crippen molar-refractivity contribution >= 4 is 16.9 Å². The first-order chi connectivity index (χ1) is 15.6. The minimum absolute atomic E-state index is 0.0389. The first-order valence-corrected chi connectivity index (χ1v) is 11.4. The zero-order chi connectivity index (χ0) is 22.5. The van der Waals surface area contributed by atoms with Crippen LogP contribution in [-0.4, -0.2) is 58.1 Å². The number of hydrogen-bond acceptors (Lipinski definition) is 4. The Bertz CT molecular complexity index is 1120. The van der Waals surface area contributed by atoms with Gasteiger partial charge in [-0.25, -0.2) is 4.79 Å². The van der Waals surface area contributed by atoms with Gasteiger partial charge >= 0.3 is 5.69 Å². The number of aryl methyl sites for hydroxylation is 2. The summed E-state index contributed by atoms with van der Waals surface area (Å²) >= 11 is 0. The fraction of sp³-hybridized carbons (Fsp3) is 0.440. The van der Waals surface area contributed by atoms with Gasteiger partial charge in [-0.1, -0.05) is 24.3 Å². The quantitative estimate of drug-likeness (QED) is 0.571. The molecule has 0 radical (unpaired) electrons. The molecule has 0 spiro atoms. The molecule has 0 unspecified atom stereocenters. The Morgan fingerprint density at radius 2 is 1.66 bits per heavy atom. The van der Waals surface area contributed by atoms with Crippen LogP contribution in [0.5, 0.6) is 5.75 Å². The summed E-state index contributed by atoms with van der Waals surface area (Å²) in [4.78, 5) is 30.1. The summed E-state index contributed by atoms with van der Waals surface area (Å²) in [5.74, 6) is 0.985. The summed E-state index contributed by atoms with van der Waals surface area (Å²) in [6, 6.07) is 16.0. The molecule has 2 heterocycles. The summed E-state index contributed by atoms with van der Waals surface area (Å²) in [7, 11) is 1.67. The molecule has 32 heavy (non-hydrogen) atoms. The van der Waals surface area contributed by atoms with E-state index in [0.29, 0.717) is 19.5 Å². The van der Waals surface area contributed by atoms with Gasteiger partial charge in [0, 0.05) is 52.2 Å². The molecule has 0 N–H and O–H groups in total. The van der Waals surface area contributed by atoms with Crippen LogP contribution in [0, 0.1) is 0 Å². The number of methoxy groups -OCH3 is 1. The maximum Gasteiger partial charge on any atom is 0.329 e. The fourth-order valence-electron chi connectivity index (χ4n) is 4.53. The maximum atomic E-state index is 13.0. The van der Waals surface area contributed by atoms with Crippen molar-refractivity contribution in [3.05, 3.63) is 64.6 Å². The van der Waals surface area contributed by atoms with Crippen LogP contribution in [-0.2, 0) is 24.4 Å². The molecule has 4 rings (SSSR count). The molecule has 0 atom stereocenters. The van der Waals surface area contributed by atoms with Crippen molar-refractivity contribution < 1.29 is 9.53 Å². The molecule has 1 aromatic heterocycles. The predicted octanol–water partition coefficient (Wildman–Crippen LogP) is 2.96. The first kappa shape index (κ1) is 22.1. The van der Waals surface area contributed by atoms with E-state index in [-0.39, 0.29) is 11.6 Å². The van der Waals surface area contributed by atoms with Gasteiger partial charge in [0.25, 0.3) is 0 Å². The third-order valence-electron chi connectivity index (χ3n) is 6.30. The molecule has 1 aliphatic heterocycles. The number of fused-ring (bicyclic) bond motifs is 1. The van der Waals surface area contributed by atoms with Crippen LogP contribution in [0.25, 0.3) is 11.0 Å². The Morgan fingerprint density at radius 3 is 2.34 bits per heavy atom. The normalized spacial score (nSPS) is 15.1. The van der Waals surface area contributed by atoms with E-state index < -0.39 is 0 Å². The summed E-state index contributed by atoms with van der Waals surface area (Å²) in [5, 5.41) is 0. The summed E-state index contributed by atoms with van der Waals surface area (Å²) < 4.78 is 8.74. The van der Waals surface area contributed by atoms with Crippen molar-refractivity contribution in [2.75, 3.05) is 33.3 Å². The number of rotatable bonds is 7. The van der Waals surface area contributed by atoms with Gasteiger partial charge < -0.3 is 9.64 Å². The molecule has 0 saturated carbocycles. The van der Waals surface area contributed by atoms with Crippen LogP contribution in [0.2, 0.25) is 0 Å². The Labute approximate surface area is 188 Å². The number of nitrogens with zero attached hydrogens (tertiary/aromatic N) is 4. The Kier molecular flexibility index (Phi) is 6.95. The van der Waals surface area contributed by atoms with Crippen LogP contribution in [0.1, 0.15) is 25.3 Å². The smallest absolute Gasteiger partial charge is 0.329 e. The monoisotopic (exact) mass is 436 g/mol. The maximum absolute atomic E-state index is 13.0. The number of ether oxygens (including phenoxy) is 1. The zero-order valence-corrected chi connectivity index (χ0v) is 19.0. The van der Waals surface area contributed by atoms with Gasteiger partial charge in [0.1, 0.15) is 5.75 Å². The molecular weight excluding hydrogens is 404 g/mol. The Balaban J connectivity index is 1.35. The van der Waals surface area contributed by atoms with E-state index in [1.54, 1.807) is 16.2 Å². The number of hydrogen-bond donors (Lipinski definition) is 0. The number of amides is 1. The molecule has 0 bridgehead atoms. The van der Waals surface area contributed by atoms with E-state index in [4.69, 9.17) is 4.74 Å². The van der Waals surface area contributed by atoms with Crippen LogP contribution < -0.4 is 10.4 Å². The molecule has 0 aliphatic carbocycles. The van der Waals surface area contributed by atoms with E-state index in [1.807, 2.05) is 48.2 Å². The van der Waals surface area contributed by atoms with Crippen LogP contribution in [0.4, 0.5) is 0 Å². The van der Waals surface area contributed by atoms with Gasteiger partial charge in [-0.15, -0.1) is 0 Å². The van der Waals surface area contributed by atoms with Crippen LogP contribution >= 0.6 is 0 Å². The molecular formula is C25H32N4O3. The number of para-hydroxylation sites is 2. The van der Waals surface area contributed by atoms with Gasteiger partial charge in [0.15, 0.2) is 0 Å². The number of aromatic nitrogens is 2. The summed E-state index contributed by atoms with van der Waals surface area (Å²) in [6.45, 7) is 7.19. The van der Waals surface area contributed by atoms with Gasteiger partial charge in [-0.3, -0.25) is 18.8 Å². The Morgan fingerprint density at radius 1 is 0.938 bits per heavy atom. The van der Waals surface area contributed by atoms with E-state index in [1.165, 1.54) is 5.56 Å². The largest absolute Gasteiger partial charge is 0.497 e. The van der Waals surface area contributed by atoms with Crippen molar-refractivity contribution in [1.29, 1.82) is 0 Å². The summed E-state index contributed by atoms with van der Waals surface area (Å²) in [5.41, 5.74) is 3.03. The highest BCUT2D eigenvalue weighted by Crippen LogP contribution is 2.16. The van der Waals surface area contributed by atoms with Crippen molar-refractivity contribution in [3.63, 3.8) is 0 Å². The van der Waals surface area contributed by atoms with E-state index in [9.17, 15) is 9.59 Å². The molecule has 2 aromatic carbocycles. The lowest BCUT2D eigenvalue weighted by Gasteiger charge is -2.22. The second kappa shape index (κ2) is 10.0. The van der Waals surface area contributed by atoms with Gasteiger partial charge in [-0.05, 0) is 43.2 Å². The second-order valence-electron chi connectivity index (χ2n) is 8.28. The van der Waals surface area contributed by atoms with Crippen molar-refractivity contribution in [3.8, 4) is 5.75 Å². The molecule has 3 aromatic rings. The number of carbonyl (C=O) groups excluding carboxylic acids is 1. The van der Waals surface area contributed by atoms with Crippen molar-refractivity contribution in [2.45, 2.75) is 39.4 Å². The Hall–Kier alpha value is -3.06. The van der Waals surface area contributed by atoms with Gasteiger partial charge in [-0.2, -0.15) is 0 Å². The minimum atomic E-state index is -0.0389. The average molecular weight is 437 g/mol.